The van der Waals surface area contributed by atoms with Gasteiger partial charge in [0.05, 0.1) is 28.9 Å². The van der Waals surface area contributed by atoms with Crippen LogP contribution in [0.1, 0.15) is 12.3 Å². The Kier molecular flexibility index (Phi) is 4.67. The number of aromatic nitrogens is 4. The van der Waals surface area contributed by atoms with Crippen LogP contribution in [-0.4, -0.2) is 19.5 Å². The van der Waals surface area contributed by atoms with Crippen molar-refractivity contribution in [3.05, 3.63) is 170 Å². The Labute approximate surface area is 300 Å². The highest BCUT2D eigenvalue weighted by molar-refractivity contribution is 6.11. The number of benzene rings is 7. The second kappa shape index (κ2) is 11.4. The Balaban J connectivity index is 1.16. The third-order valence-electron chi connectivity index (χ3n) is 8.88. The molecule has 0 aliphatic carbocycles. The van der Waals surface area contributed by atoms with Crippen molar-refractivity contribution >= 4 is 43.7 Å². The molecule has 0 amide bonds. The van der Waals surface area contributed by atoms with Crippen LogP contribution in [0.2, 0.25) is 0 Å². The summed E-state index contributed by atoms with van der Waals surface area (Å²) in [6, 6.07) is 32.1. The van der Waals surface area contributed by atoms with Crippen molar-refractivity contribution in [1.82, 2.24) is 19.5 Å². The average molecular weight is 650 g/mol. The molecule has 7 aromatic carbocycles. The van der Waals surface area contributed by atoms with Gasteiger partial charge in [0.2, 0.25) is 0 Å². The third kappa shape index (κ3) is 4.60. The quantitative estimate of drug-likeness (QED) is 0.186. The molecule has 5 nitrogen and oxygen atoms in total. The van der Waals surface area contributed by atoms with Crippen LogP contribution in [-0.2, 0) is 0 Å². The van der Waals surface area contributed by atoms with Gasteiger partial charge in [0.15, 0.2) is 17.5 Å². The number of para-hydroxylation sites is 3. The molecule has 0 saturated heterocycles. The lowest BCUT2D eigenvalue weighted by Gasteiger charge is -2.11. The summed E-state index contributed by atoms with van der Waals surface area (Å²) in [6.45, 7) is 0. The van der Waals surface area contributed by atoms with E-state index >= 15 is 0 Å². The number of hydrogen-bond acceptors (Lipinski definition) is 4. The minimum atomic E-state index is -0.507. The molecular weight excluding hydrogens is 613 g/mol. The van der Waals surface area contributed by atoms with E-state index in [2.05, 4.69) is 0 Å². The van der Waals surface area contributed by atoms with Gasteiger partial charge in [-0.25, -0.2) is 15.0 Å². The van der Waals surface area contributed by atoms with E-state index in [1.807, 2.05) is 97.1 Å². The van der Waals surface area contributed by atoms with Crippen molar-refractivity contribution in [2.24, 2.45) is 0 Å². The van der Waals surface area contributed by atoms with E-state index in [9.17, 15) is 0 Å². The minimum Gasteiger partial charge on any atom is -0.455 e. The predicted octanol–water partition coefficient (Wildman–Crippen LogP) is 11.5. The van der Waals surface area contributed by atoms with Crippen molar-refractivity contribution in [3.8, 4) is 51.0 Å². The van der Waals surface area contributed by atoms with Crippen LogP contribution in [0.3, 0.4) is 0 Å². The summed E-state index contributed by atoms with van der Waals surface area (Å²) in [5.41, 5.74) is 5.23. The zero-order chi connectivity index (χ0) is 40.9. The van der Waals surface area contributed by atoms with Gasteiger partial charge in [0.1, 0.15) is 11.2 Å². The standard InChI is InChI=1S/C45H28N4O/c1-3-12-29(13-4-1)32-24-27-40-38(28-32)34-16-7-9-20-39(34)49(40)33-25-22-31(23-26-33)44-46-43(30-14-5-2-6-15-30)47-45(48-44)37-19-11-18-36-35-17-8-10-21-41(35)50-42(36)37/h1-28H/i1D,3D,4D,7D,9D,12D,13D,16D,20D. The van der Waals surface area contributed by atoms with Crippen LogP contribution in [0.25, 0.3) is 94.7 Å². The van der Waals surface area contributed by atoms with Gasteiger partial charge in [0, 0.05) is 38.4 Å². The second-order valence-corrected chi connectivity index (χ2v) is 11.8. The minimum absolute atomic E-state index is 0.00728. The first-order valence-corrected chi connectivity index (χ1v) is 16.0. The molecule has 10 aromatic rings. The summed E-state index contributed by atoms with van der Waals surface area (Å²) in [5, 5.41) is 2.58. The second-order valence-electron chi connectivity index (χ2n) is 11.8. The first-order valence-electron chi connectivity index (χ1n) is 20.5. The van der Waals surface area contributed by atoms with Crippen molar-refractivity contribution in [3.63, 3.8) is 0 Å². The molecule has 0 N–H and O–H groups in total. The summed E-state index contributed by atoms with van der Waals surface area (Å²) in [7, 11) is 0. The van der Waals surface area contributed by atoms with Crippen molar-refractivity contribution in [1.29, 1.82) is 0 Å². The molecule has 0 saturated carbocycles. The average Bonchev–Trinajstić information content (AvgIpc) is 3.83. The van der Waals surface area contributed by atoms with Crippen LogP contribution >= 0.6 is 0 Å². The molecule has 0 aliphatic rings. The van der Waals surface area contributed by atoms with Gasteiger partial charge >= 0.3 is 0 Å². The Hall–Kier alpha value is -6.85. The zero-order valence-electron chi connectivity index (χ0n) is 35.2. The summed E-state index contributed by atoms with van der Waals surface area (Å²) >= 11 is 0. The van der Waals surface area contributed by atoms with E-state index < -0.39 is 30.2 Å². The highest BCUT2D eigenvalue weighted by Gasteiger charge is 2.18. The van der Waals surface area contributed by atoms with E-state index in [0.717, 1.165) is 21.9 Å². The molecule has 0 fully saturated rings. The molecule has 3 heterocycles. The van der Waals surface area contributed by atoms with Gasteiger partial charge in [-0.3, -0.25) is 0 Å². The molecule has 50 heavy (non-hydrogen) atoms. The number of nitrogens with zero attached hydrogens (tertiary/aromatic N) is 4. The molecule has 0 atom stereocenters. The number of furan rings is 1. The normalized spacial score (nSPS) is 14.1. The molecule has 0 aliphatic heterocycles. The van der Waals surface area contributed by atoms with Gasteiger partial charge in [-0.15, -0.1) is 0 Å². The van der Waals surface area contributed by atoms with E-state index in [4.69, 9.17) is 31.7 Å². The lowest BCUT2D eigenvalue weighted by Crippen LogP contribution is -2.00. The summed E-state index contributed by atoms with van der Waals surface area (Å²) in [6.07, 6.45) is 0. The highest BCUT2D eigenvalue weighted by Crippen LogP contribution is 2.37. The lowest BCUT2D eigenvalue weighted by molar-refractivity contribution is 0.669. The monoisotopic (exact) mass is 649 g/mol. The van der Waals surface area contributed by atoms with Crippen molar-refractivity contribution < 1.29 is 16.8 Å². The molecule has 234 valence electrons. The molecule has 0 radical (unpaired) electrons. The van der Waals surface area contributed by atoms with Gasteiger partial charge in [-0.2, -0.15) is 0 Å². The maximum atomic E-state index is 9.02. The lowest BCUT2D eigenvalue weighted by atomic mass is 10.0. The van der Waals surface area contributed by atoms with E-state index in [1.165, 1.54) is 0 Å². The molecule has 10 rings (SSSR count). The Bertz CT molecular complexity index is 3350. The van der Waals surface area contributed by atoms with Crippen LogP contribution in [0.15, 0.2) is 174 Å². The summed E-state index contributed by atoms with van der Waals surface area (Å²) in [4.78, 5) is 14.8. The maximum Gasteiger partial charge on any atom is 0.167 e. The zero-order valence-corrected chi connectivity index (χ0v) is 26.2. The molecule has 0 unspecified atom stereocenters. The van der Waals surface area contributed by atoms with E-state index in [0.29, 0.717) is 56.3 Å². The molecule has 5 heteroatoms. The number of fused-ring (bicyclic) bond motifs is 6. The van der Waals surface area contributed by atoms with Crippen LogP contribution in [0.4, 0.5) is 0 Å². The Morgan fingerprint density at radius 3 is 1.98 bits per heavy atom. The van der Waals surface area contributed by atoms with Gasteiger partial charge in [-0.1, -0.05) is 115 Å². The van der Waals surface area contributed by atoms with E-state index in [1.54, 1.807) is 22.8 Å². The van der Waals surface area contributed by atoms with Crippen molar-refractivity contribution in [2.45, 2.75) is 0 Å². The van der Waals surface area contributed by atoms with E-state index in [-0.39, 0.29) is 40.6 Å². The van der Waals surface area contributed by atoms with Crippen LogP contribution in [0, 0.1) is 0 Å². The van der Waals surface area contributed by atoms with Crippen molar-refractivity contribution in [2.75, 3.05) is 0 Å². The Morgan fingerprint density at radius 1 is 0.460 bits per heavy atom. The largest absolute Gasteiger partial charge is 0.455 e. The smallest absolute Gasteiger partial charge is 0.167 e. The predicted molar refractivity (Wildman–Crippen MR) is 203 cm³/mol. The fourth-order valence-corrected chi connectivity index (χ4v) is 6.56. The highest BCUT2D eigenvalue weighted by atomic mass is 16.3. The first-order chi connectivity index (χ1) is 28.5. The fraction of sp³-hybridized carbons (Fsp3) is 0. The molecule has 3 aromatic heterocycles. The molecular formula is C45H28N4O. The third-order valence-corrected chi connectivity index (χ3v) is 8.88. The first kappa shape index (κ1) is 20.5. The fourth-order valence-electron chi connectivity index (χ4n) is 6.56. The Morgan fingerprint density at radius 2 is 1.14 bits per heavy atom. The van der Waals surface area contributed by atoms with Crippen LogP contribution < -0.4 is 0 Å². The van der Waals surface area contributed by atoms with Gasteiger partial charge in [-0.05, 0) is 65.7 Å². The molecule has 0 bridgehead atoms. The van der Waals surface area contributed by atoms with Crippen LogP contribution in [0.5, 0.6) is 0 Å². The van der Waals surface area contributed by atoms with Gasteiger partial charge in [0.25, 0.3) is 0 Å². The van der Waals surface area contributed by atoms with Gasteiger partial charge < -0.3 is 8.98 Å². The topological polar surface area (TPSA) is 56.7 Å². The summed E-state index contributed by atoms with van der Waals surface area (Å²) in [5.74, 6) is 1.30. The summed E-state index contributed by atoms with van der Waals surface area (Å²) < 4.78 is 84.8. The number of rotatable bonds is 5. The molecule has 0 spiro atoms. The number of hydrogen-bond donors (Lipinski definition) is 0. The SMILES string of the molecule is [2H]c1c([2H])c([2H])c(-c2ccc3c(c2)c2c([2H])c([2H])c([2H])c([2H])c2n3-c2ccc(-c3nc(-c4ccccc4)nc(-c4cccc5c4oc4ccccc45)n3)cc2)c([2H])c1[2H]. The maximum absolute atomic E-state index is 9.02.